The maximum absolute atomic E-state index is 4.48. The minimum Gasteiger partial charge on any atom is -0.378 e. The molecule has 4 nitrogen and oxygen atoms in total. The lowest BCUT2D eigenvalue weighted by Crippen LogP contribution is -2.11. The van der Waals surface area contributed by atoms with Crippen molar-refractivity contribution in [2.45, 2.75) is 26.8 Å². The van der Waals surface area contributed by atoms with Gasteiger partial charge in [0.25, 0.3) is 0 Å². The summed E-state index contributed by atoms with van der Waals surface area (Å²) in [5, 5.41) is 12.1. The molecule has 0 aliphatic carbocycles. The van der Waals surface area contributed by atoms with Gasteiger partial charge in [-0.05, 0) is 32.2 Å². The molecule has 0 radical (unpaired) electrons. The van der Waals surface area contributed by atoms with E-state index in [9.17, 15) is 0 Å². The fourth-order valence-corrected chi connectivity index (χ4v) is 2.87. The summed E-state index contributed by atoms with van der Waals surface area (Å²) >= 11 is 1.69. The van der Waals surface area contributed by atoms with E-state index in [1.54, 1.807) is 11.3 Å². The van der Waals surface area contributed by atoms with Gasteiger partial charge in [-0.3, -0.25) is 0 Å². The van der Waals surface area contributed by atoms with Crippen molar-refractivity contribution in [2.75, 3.05) is 5.32 Å². The van der Waals surface area contributed by atoms with Gasteiger partial charge in [0, 0.05) is 34.6 Å². The number of anilines is 1. The molecule has 1 N–H and O–H groups in total. The largest absolute Gasteiger partial charge is 0.378 e. The van der Waals surface area contributed by atoms with Gasteiger partial charge in [0.05, 0.1) is 11.7 Å². The Labute approximate surface area is 116 Å². The summed E-state index contributed by atoms with van der Waals surface area (Å²) in [6, 6.07) is 4.28. The van der Waals surface area contributed by atoms with E-state index in [1.807, 2.05) is 23.7 Å². The first-order valence-corrected chi connectivity index (χ1v) is 7.20. The normalized spacial score (nSPS) is 12.8. The van der Waals surface area contributed by atoms with E-state index in [-0.39, 0.29) is 6.04 Å². The molecule has 98 valence electrons. The Morgan fingerprint density at radius 3 is 2.95 bits per heavy atom. The van der Waals surface area contributed by atoms with Crippen LogP contribution in [0.1, 0.15) is 29.9 Å². The lowest BCUT2D eigenvalue weighted by molar-refractivity contribution is 0.798. The second-order valence-electron chi connectivity index (χ2n) is 4.73. The molecular weight excluding hydrogens is 256 g/mol. The number of thiophene rings is 1. The molecule has 0 bridgehead atoms. The molecule has 3 rings (SSSR count). The third kappa shape index (κ3) is 2.21. The van der Waals surface area contributed by atoms with E-state index in [0.717, 1.165) is 22.7 Å². The number of nitrogens with one attached hydrogen (secondary N) is 1. The van der Waals surface area contributed by atoms with Gasteiger partial charge in [-0.1, -0.05) is 0 Å². The molecule has 0 amide bonds. The van der Waals surface area contributed by atoms with Gasteiger partial charge >= 0.3 is 0 Å². The highest BCUT2D eigenvalue weighted by atomic mass is 32.1. The average molecular weight is 272 g/mol. The molecule has 0 fully saturated rings. The molecule has 0 aromatic carbocycles. The molecule has 19 heavy (non-hydrogen) atoms. The lowest BCUT2D eigenvalue weighted by atomic mass is 10.1. The van der Waals surface area contributed by atoms with Crippen LogP contribution in [0.3, 0.4) is 0 Å². The highest BCUT2D eigenvalue weighted by Crippen LogP contribution is 2.23. The van der Waals surface area contributed by atoms with Crippen molar-refractivity contribution in [1.82, 2.24) is 14.6 Å². The van der Waals surface area contributed by atoms with Gasteiger partial charge in [-0.15, -0.1) is 0 Å². The third-order valence-corrected chi connectivity index (χ3v) is 3.94. The lowest BCUT2D eigenvalue weighted by Gasteiger charge is -2.16. The van der Waals surface area contributed by atoms with Crippen LogP contribution < -0.4 is 5.32 Å². The number of rotatable bonds is 3. The van der Waals surface area contributed by atoms with Crippen molar-refractivity contribution in [3.8, 4) is 0 Å². The number of nitrogens with zero attached hydrogens (tertiary/aromatic N) is 3. The summed E-state index contributed by atoms with van der Waals surface area (Å²) in [5.74, 6) is 0. The SMILES string of the molecule is Cc1cc2ncc(C(C)Nc3ccsc3)c(C)n2n1. The standard InChI is InChI=1S/C14H16N4S/c1-9-6-14-15-7-13(11(3)18(14)17-9)10(2)16-12-4-5-19-8-12/h4-8,10,16H,1-3H3. The molecule has 0 aliphatic heterocycles. The van der Waals surface area contributed by atoms with Crippen LogP contribution in [0, 0.1) is 13.8 Å². The van der Waals surface area contributed by atoms with Gasteiger partial charge in [0.15, 0.2) is 5.65 Å². The summed E-state index contributed by atoms with van der Waals surface area (Å²) in [6.45, 7) is 6.22. The zero-order chi connectivity index (χ0) is 13.4. The molecule has 0 spiro atoms. The Bertz CT molecular complexity index is 700. The summed E-state index contributed by atoms with van der Waals surface area (Å²) in [4.78, 5) is 4.48. The smallest absolute Gasteiger partial charge is 0.155 e. The zero-order valence-corrected chi connectivity index (χ0v) is 12.0. The van der Waals surface area contributed by atoms with E-state index >= 15 is 0 Å². The Balaban J connectivity index is 1.97. The van der Waals surface area contributed by atoms with Crippen molar-refractivity contribution in [3.63, 3.8) is 0 Å². The van der Waals surface area contributed by atoms with Crippen LogP contribution in [0.15, 0.2) is 29.1 Å². The second-order valence-corrected chi connectivity index (χ2v) is 5.51. The molecule has 3 aromatic heterocycles. The van der Waals surface area contributed by atoms with Gasteiger partial charge < -0.3 is 5.32 Å². The van der Waals surface area contributed by atoms with E-state index in [1.165, 1.54) is 5.56 Å². The fourth-order valence-electron chi connectivity index (χ4n) is 2.28. The van der Waals surface area contributed by atoms with Gasteiger partial charge in [0.1, 0.15) is 0 Å². The maximum atomic E-state index is 4.48. The van der Waals surface area contributed by atoms with Gasteiger partial charge in [-0.25, -0.2) is 9.50 Å². The van der Waals surface area contributed by atoms with E-state index in [2.05, 4.69) is 46.1 Å². The van der Waals surface area contributed by atoms with Crippen molar-refractivity contribution in [2.24, 2.45) is 0 Å². The van der Waals surface area contributed by atoms with Crippen LogP contribution in [0.5, 0.6) is 0 Å². The maximum Gasteiger partial charge on any atom is 0.155 e. The summed E-state index contributed by atoms with van der Waals surface area (Å²) in [5.41, 5.74) is 5.34. The fraction of sp³-hybridized carbons (Fsp3) is 0.286. The third-order valence-electron chi connectivity index (χ3n) is 3.25. The van der Waals surface area contributed by atoms with Crippen molar-refractivity contribution in [1.29, 1.82) is 0 Å². The van der Waals surface area contributed by atoms with E-state index < -0.39 is 0 Å². The highest BCUT2D eigenvalue weighted by molar-refractivity contribution is 7.08. The number of fused-ring (bicyclic) bond motifs is 1. The molecule has 0 aliphatic rings. The molecule has 1 unspecified atom stereocenters. The van der Waals surface area contributed by atoms with Crippen LogP contribution in [0.4, 0.5) is 5.69 Å². The monoisotopic (exact) mass is 272 g/mol. The summed E-state index contributed by atoms with van der Waals surface area (Å²) in [7, 11) is 0. The quantitative estimate of drug-likeness (QED) is 0.792. The number of hydrogen-bond donors (Lipinski definition) is 1. The molecule has 3 heterocycles. The predicted molar refractivity (Wildman–Crippen MR) is 78.8 cm³/mol. The minimum atomic E-state index is 0.205. The highest BCUT2D eigenvalue weighted by Gasteiger charge is 2.13. The number of aromatic nitrogens is 3. The Morgan fingerprint density at radius 1 is 1.37 bits per heavy atom. The van der Waals surface area contributed by atoms with Crippen LogP contribution >= 0.6 is 11.3 Å². The molecular formula is C14H16N4S. The molecule has 3 aromatic rings. The number of aryl methyl sites for hydroxylation is 2. The molecule has 5 heteroatoms. The van der Waals surface area contributed by atoms with Crippen LogP contribution in [-0.4, -0.2) is 14.6 Å². The van der Waals surface area contributed by atoms with Crippen molar-refractivity contribution in [3.05, 3.63) is 46.0 Å². The molecule has 0 saturated heterocycles. The van der Waals surface area contributed by atoms with Crippen molar-refractivity contribution < 1.29 is 0 Å². The van der Waals surface area contributed by atoms with Crippen LogP contribution in [-0.2, 0) is 0 Å². The van der Waals surface area contributed by atoms with Crippen molar-refractivity contribution >= 4 is 22.7 Å². The Kier molecular flexibility index (Phi) is 2.98. The average Bonchev–Trinajstić information content (AvgIpc) is 2.98. The minimum absolute atomic E-state index is 0.205. The zero-order valence-electron chi connectivity index (χ0n) is 11.2. The summed E-state index contributed by atoms with van der Waals surface area (Å²) < 4.78 is 1.91. The number of hydrogen-bond acceptors (Lipinski definition) is 4. The Morgan fingerprint density at radius 2 is 2.21 bits per heavy atom. The van der Waals surface area contributed by atoms with Crippen LogP contribution in [0.25, 0.3) is 5.65 Å². The molecule has 1 atom stereocenters. The van der Waals surface area contributed by atoms with E-state index in [4.69, 9.17) is 0 Å². The first-order chi connectivity index (χ1) is 9.15. The first-order valence-electron chi connectivity index (χ1n) is 6.26. The van der Waals surface area contributed by atoms with E-state index in [0.29, 0.717) is 0 Å². The van der Waals surface area contributed by atoms with Gasteiger partial charge in [0.2, 0.25) is 0 Å². The topological polar surface area (TPSA) is 42.2 Å². The van der Waals surface area contributed by atoms with Crippen LogP contribution in [0.2, 0.25) is 0 Å². The predicted octanol–water partition coefficient (Wildman–Crippen LogP) is 3.58. The Hall–Kier alpha value is -1.88. The summed E-state index contributed by atoms with van der Waals surface area (Å²) in [6.07, 6.45) is 1.94. The second kappa shape index (κ2) is 4.66. The molecule has 0 saturated carbocycles. The first kappa shape index (κ1) is 12.2. The van der Waals surface area contributed by atoms with Gasteiger partial charge in [-0.2, -0.15) is 16.4 Å².